The van der Waals surface area contributed by atoms with Crippen molar-refractivity contribution in [3.63, 3.8) is 0 Å². The first-order valence-corrected chi connectivity index (χ1v) is 14.8. The van der Waals surface area contributed by atoms with Crippen LogP contribution in [0.4, 0.5) is 0 Å². The van der Waals surface area contributed by atoms with E-state index in [2.05, 4.69) is 39.4 Å². The van der Waals surface area contributed by atoms with Crippen molar-refractivity contribution in [2.45, 2.75) is 63.6 Å². The number of hydrogen-bond acceptors (Lipinski definition) is 6. The summed E-state index contributed by atoms with van der Waals surface area (Å²) in [6.45, 7) is 5.92. The fourth-order valence-corrected chi connectivity index (χ4v) is 6.66. The predicted octanol–water partition coefficient (Wildman–Crippen LogP) is 4.16. The molecule has 1 amide bonds. The number of amides is 1. The number of rotatable bonds is 6. The van der Waals surface area contributed by atoms with Crippen LogP contribution in [0, 0.1) is 12.8 Å². The van der Waals surface area contributed by atoms with E-state index in [1.807, 2.05) is 17.0 Å². The van der Waals surface area contributed by atoms with E-state index in [9.17, 15) is 4.79 Å². The molecule has 0 spiro atoms. The number of carbonyl (C=O) groups is 1. The third-order valence-electron chi connectivity index (χ3n) is 9.08. The molecule has 0 bridgehead atoms. The maximum Gasteiger partial charge on any atom is 0.254 e. The normalized spacial score (nSPS) is 23.1. The highest BCUT2D eigenvalue weighted by Crippen LogP contribution is 2.47. The first-order chi connectivity index (χ1) is 19.6. The zero-order valence-electron chi connectivity index (χ0n) is 23.2. The van der Waals surface area contributed by atoms with E-state index >= 15 is 0 Å². The van der Waals surface area contributed by atoms with Gasteiger partial charge in [-0.05, 0) is 69.2 Å². The Morgan fingerprint density at radius 2 is 2.00 bits per heavy atom. The molecule has 1 N–H and O–H groups in total. The molecule has 0 aromatic carbocycles. The number of likely N-dealkylation sites (tertiary alicyclic amines) is 1. The number of hydrogen-bond donors (Lipinski definition) is 1. The van der Waals surface area contributed by atoms with Gasteiger partial charge in [-0.15, -0.1) is 0 Å². The number of nitrogens with one attached hydrogen (secondary N) is 1. The van der Waals surface area contributed by atoms with Crippen LogP contribution in [0.1, 0.15) is 59.8 Å². The molecule has 208 valence electrons. The molecule has 8 rings (SSSR count). The molecule has 2 aliphatic heterocycles. The Morgan fingerprint density at radius 1 is 1.12 bits per heavy atom. The molecule has 4 aromatic rings. The number of morpholine rings is 1. The second-order valence-corrected chi connectivity index (χ2v) is 12.1. The summed E-state index contributed by atoms with van der Waals surface area (Å²) < 4.78 is 16.4. The van der Waals surface area contributed by atoms with Crippen molar-refractivity contribution in [2.24, 2.45) is 5.92 Å². The van der Waals surface area contributed by atoms with Gasteiger partial charge >= 0.3 is 0 Å². The number of nitrogens with zero attached hydrogens (tertiary/aromatic N) is 5. The van der Waals surface area contributed by atoms with Crippen LogP contribution in [0.25, 0.3) is 28.1 Å². The van der Waals surface area contributed by atoms with E-state index in [0.717, 1.165) is 72.7 Å². The van der Waals surface area contributed by atoms with Gasteiger partial charge in [0, 0.05) is 54.8 Å². The minimum absolute atomic E-state index is 0.0201. The van der Waals surface area contributed by atoms with Crippen molar-refractivity contribution in [1.82, 2.24) is 29.2 Å². The molecule has 2 saturated carbocycles. The smallest absolute Gasteiger partial charge is 0.254 e. The maximum absolute atomic E-state index is 13.8. The summed E-state index contributed by atoms with van der Waals surface area (Å²) in [4.78, 5) is 25.9. The van der Waals surface area contributed by atoms with Gasteiger partial charge in [-0.3, -0.25) is 9.20 Å². The second kappa shape index (κ2) is 9.31. The third kappa shape index (κ3) is 4.09. The van der Waals surface area contributed by atoms with Crippen molar-refractivity contribution >= 4 is 22.6 Å². The van der Waals surface area contributed by atoms with E-state index in [-0.39, 0.29) is 18.1 Å². The number of imidazole rings is 1. The lowest BCUT2D eigenvalue weighted by molar-refractivity contribution is -0.0383. The number of methoxy groups -OCH3 is 1. The van der Waals surface area contributed by atoms with Gasteiger partial charge in [-0.2, -0.15) is 0 Å². The molecular formula is C31H36N6O3. The van der Waals surface area contributed by atoms with Gasteiger partial charge < -0.3 is 24.3 Å². The zero-order chi connectivity index (χ0) is 27.0. The van der Waals surface area contributed by atoms with E-state index in [4.69, 9.17) is 19.4 Å². The third-order valence-corrected chi connectivity index (χ3v) is 9.08. The average Bonchev–Trinajstić information content (AvgIpc) is 3.91. The van der Waals surface area contributed by atoms with Gasteiger partial charge in [0.2, 0.25) is 0 Å². The number of carbonyl (C=O) groups excluding carboxylic acids is 1. The van der Waals surface area contributed by atoms with Crippen molar-refractivity contribution < 1.29 is 14.3 Å². The van der Waals surface area contributed by atoms with E-state index < -0.39 is 0 Å². The molecular weight excluding hydrogens is 504 g/mol. The maximum atomic E-state index is 13.8. The van der Waals surface area contributed by atoms with Crippen LogP contribution < -0.4 is 10.1 Å². The first kappa shape index (κ1) is 24.4. The molecule has 0 radical (unpaired) electrons. The summed E-state index contributed by atoms with van der Waals surface area (Å²) in [7, 11) is 1.69. The van der Waals surface area contributed by atoms with Gasteiger partial charge in [0.25, 0.3) is 5.91 Å². The lowest BCUT2D eigenvalue weighted by Crippen LogP contribution is -2.59. The number of pyridine rings is 2. The lowest BCUT2D eigenvalue weighted by Gasteiger charge is -2.41. The van der Waals surface area contributed by atoms with Crippen LogP contribution in [0.15, 0.2) is 30.3 Å². The molecule has 2 saturated heterocycles. The molecule has 4 aliphatic rings. The van der Waals surface area contributed by atoms with Gasteiger partial charge in [0.15, 0.2) is 5.88 Å². The van der Waals surface area contributed by atoms with Crippen LogP contribution in [0.3, 0.4) is 0 Å². The number of aromatic nitrogens is 4. The van der Waals surface area contributed by atoms with E-state index in [1.165, 1.54) is 18.5 Å². The topological polar surface area (TPSA) is 85.9 Å². The minimum atomic E-state index is 0.0201. The minimum Gasteiger partial charge on any atom is -0.482 e. The quantitative estimate of drug-likeness (QED) is 0.395. The Balaban J connectivity index is 1.24. The summed E-state index contributed by atoms with van der Waals surface area (Å²) in [5.74, 6) is 1.81. The molecule has 2 atom stereocenters. The molecule has 4 aromatic heterocycles. The monoisotopic (exact) mass is 540 g/mol. The Kier molecular flexibility index (Phi) is 5.67. The summed E-state index contributed by atoms with van der Waals surface area (Å²) in [6.07, 6.45) is 5.84. The van der Waals surface area contributed by atoms with Crippen LogP contribution in [-0.4, -0.2) is 75.2 Å². The van der Waals surface area contributed by atoms with Crippen molar-refractivity contribution in [2.75, 3.05) is 33.4 Å². The van der Waals surface area contributed by atoms with Crippen LogP contribution in [0.2, 0.25) is 0 Å². The average molecular weight is 541 g/mol. The Bertz CT molecular complexity index is 1630. The van der Waals surface area contributed by atoms with Crippen LogP contribution in [-0.2, 0) is 11.3 Å². The van der Waals surface area contributed by atoms with Gasteiger partial charge in [0.1, 0.15) is 17.0 Å². The Hall–Kier alpha value is -3.43. The fourth-order valence-electron chi connectivity index (χ4n) is 6.66. The predicted molar refractivity (Wildman–Crippen MR) is 152 cm³/mol. The zero-order valence-corrected chi connectivity index (χ0v) is 23.2. The number of ether oxygens (including phenoxy) is 2. The number of fused-ring (bicyclic) bond motifs is 3. The molecule has 9 nitrogen and oxygen atoms in total. The highest BCUT2D eigenvalue weighted by molar-refractivity contribution is 5.96. The van der Waals surface area contributed by atoms with Gasteiger partial charge in [0.05, 0.1) is 37.3 Å². The Morgan fingerprint density at radius 3 is 2.80 bits per heavy atom. The summed E-state index contributed by atoms with van der Waals surface area (Å²) >= 11 is 0. The Labute approximate surface area is 233 Å². The van der Waals surface area contributed by atoms with Crippen molar-refractivity contribution in [1.29, 1.82) is 0 Å². The molecule has 40 heavy (non-hydrogen) atoms. The standard InChI is InChI=1S/C31H36N6O3/c1-18-3-6-21-13-24(36(30(21)33-18)16-19-4-5-19)28-29(20-7-8-20)37-26(34-28)14-22(15-27(37)39-2)31(38)35-11-9-25-23(17-35)32-10-12-40-25/h3,6,13-15,19-20,23,25,32H,4-5,7-12,16-17H2,1-2H3/t23-,25+/m0/s1. The molecule has 0 unspecified atom stereocenters. The second-order valence-electron chi connectivity index (χ2n) is 12.1. The van der Waals surface area contributed by atoms with Crippen LogP contribution >= 0.6 is 0 Å². The summed E-state index contributed by atoms with van der Waals surface area (Å²) in [5.41, 5.74) is 6.74. The highest BCUT2D eigenvalue weighted by Gasteiger charge is 2.37. The number of aryl methyl sites for hydroxylation is 1. The largest absolute Gasteiger partial charge is 0.482 e. The van der Waals surface area contributed by atoms with Gasteiger partial charge in [-0.1, -0.05) is 0 Å². The molecule has 2 aliphatic carbocycles. The lowest BCUT2D eigenvalue weighted by atomic mass is 10.00. The summed E-state index contributed by atoms with van der Waals surface area (Å²) in [5, 5.41) is 4.67. The molecule has 9 heteroatoms. The van der Waals surface area contributed by atoms with Gasteiger partial charge in [-0.25, -0.2) is 9.97 Å². The fraction of sp³-hybridized carbons (Fsp3) is 0.516. The SMILES string of the molecule is COc1cc(C(=O)N2CC[C@H]3OCCN[C@H]3C2)cc2nc(-c3cc4ccc(C)nc4n3CC3CC3)c(C3CC3)n12. The summed E-state index contributed by atoms with van der Waals surface area (Å²) in [6, 6.07) is 10.5. The first-order valence-electron chi connectivity index (χ1n) is 14.8. The molecule has 6 heterocycles. The van der Waals surface area contributed by atoms with Crippen LogP contribution in [0.5, 0.6) is 5.88 Å². The van der Waals surface area contributed by atoms with E-state index in [0.29, 0.717) is 36.4 Å². The van der Waals surface area contributed by atoms with E-state index in [1.54, 1.807) is 7.11 Å². The van der Waals surface area contributed by atoms with Crippen molar-refractivity contribution in [3.8, 4) is 17.3 Å². The number of piperidine rings is 1. The highest BCUT2D eigenvalue weighted by atomic mass is 16.5. The molecule has 4 fully saturated rings. The van der Waals surface area contributed by atoms with Crippen molar-refractivity contribution in [3.05, 3.63) is 47.3 Å².